The summed E-state index contributed by atoms with van der Waals surface area (Å²) in [6.07, 6.45) is 0. The largest absolute Gasteiger partial charge is 0.490 e. The average Bonchev–Trinajstić information content (AvgIpc) is 2.72. The summed E-state index contributed by atoms with van der Waals surface area (Å²) in [6.45, 7) is 1.03. The Morgan fingerprint density at radius 2 is 2.07 bits per heavy atom. The Morgan fingerprint density at radius 3 is 2.77 bits per heavy atom. The number of thioether (sulfide) groups is 1. The summed E-state index contributed by atoms with van der Waals surface area (Å²) in [5.41, 5.74) is 1.23. The second-order valence-corrected chi connectivity index (χ2v) is 7.29. The van der Waals surface area contributed by atoms with E-state index in [-0.39, 0.29) is 22.9 Å². The number of nitrogens with zero attached hydrogens (tertiary/aromatic N) is 1. The number of esters is 1. The van der Waals surface area contributed by atoms with Crippen LogP contribution in [0.4, 0.5) is 17.1 Å². The van der Waals surface area contributed by atoms with Gasteiger partial charge in [-0.05, 0) is 30.7 Å². The highest BCUT2D eigenvalue weighted by atomic mass is 32.2. The third-order valence-electron chi connectivity index (χ3n) is 4.18. The number of carbonyl (C=O) groups excluding carboxylic acids is 3. The molecular formula is C19H17N3O7S. The third kappa shape index (κ3) is 4.69. The molecule has 1 heterocycles. The first-order valence-electron chi connectivity index (χ1n) is 8.65. The van der Waals surface area contributed by atoms with Gasteiger partial charge in [-0.3, -0.25) is 19.7 Å². The predicted molar refractivity (Wildman–Crippen MR) is 109 cm³/mol. The molecule has 1 aliphatic heterocycles. The topological polar surface area (TPSA) is 137 Å². The van der Waals surface area contributed by atoms with Crippen LogP contribution in [-0.2, 0) is 14.3 Å². The van der Waals surface area contributed by atoms with Crippen molar-refractivity contribution in [1.82, 2.24) is 0 Å². The van der Waals surface area contributed by atoms with Gasteiger partial charge in [0.15, 0.2) is 12.4 Å². The van der Waals surface area contributed by atoms with E-state index in [1.54, 1.807) is 19.1 Å². The van der Waals surface area contributed by atoms with Crippen LogP contribution in [0.15, 0.2) is 35.2 Å². The number of methoxy groups -OCH3 is 1. The molecule has 0 aromatic heterocycles. The first kappa shape index (κ1) is 21.1. The van der Waals surface area contributed by atoms with Gasteiger partial charge < -0.3 is 20.1 Å². The maximum absolute atomic E-state index is 12.2. The number of rotatable bonds is 6. The van der Waals surface area contributed by atoms with E-state index in [1.165, 1.54) is 37.1 Å². The van der Waals surface area contributed by atoms with Gasteiger partial charge in [0, 0.05) is 22.7 Å². The number of nitrogens with one attached hydrogen (secondary N) is 2. The molecule has 10 nitrogen and oxygen atoms in total. The molecule has 0 fully saturated rings. The lowest BCUT2D eigenvalue weighted by molar-refractivity contribution is -0.385. The number of hydrogen-bond donors (Lipinski definition) is 2. The van der Waals surface area contributed by atoms with Gasteiger partial charge in [0.25, 0.3) is 5.91 Å². The zero-order valence-electron chi connectivity index (χ0n) is 16.0. The van der Waals surface area contributed by atoms with Gasteiger partial charge in [0.05, 0.1) is 29.0 Å². The maximum Gasteiger partial charge on any atom is 0.338 e. The Morgan fingerprint density at radius 1 is 1.30 bits per heavy atom. The number of amides is 2. The fourth-order valence-corrected chi connectivity index (χ4v) is 3.51. The van der Waals surface area contributed by atoms with Crippen molar-refractivity contribution >= 4 is 46.6 Å². The fourth-order valence-electron chi connectivity index (χ4n) is 2.72. The summed E-state index contributed by atoms with van der Waals surface area (Å²) in [7, 11) is 1.28. The van der Waals surface area contributed by atoms with Crippen LogP contribution in [0, 0.1) is 17.0 Å². The summed E-state index contributed by atoms with van der Waals surface area (Å²) in [6, 6.07) is 7.35. The highest BCUT2D eigenvalue weighted by Crippen LogP contribution is 2.33. The summed E-state index contributed by atoms with van der Waals surface area (Å²) in [4.78, 5) is 47.2. The van der Waals surface area contributed by atoms with E-state index < -0.39 is 23.4 Å². The van der Waals surface area contributed by atoms with Gasteiger partial charge in [-0.25, -0.2) is 4.79 Å². The molecule has 2 aromatic rings. The fraction of sp³-hybridized carbons (Fsp3) is 0.211. The van der Waals surface area contributed by atoms with Gasteiger partial charge in [0.2, 0.25) is 5.91 Å². The molecule has 0 unspecified atom stereocenters. The average molecular weight is 431 g/mol. The number of aryl methyl sites for hydroxylation is 1. The number of ether oxygens (including phenoxy) is 2. The monoisotopic (exact) mass is 431 g/mol. The molecule has 0 saturated carbocycles. The van der Waals surface area contributed by atoms with Crippen LogP contribution >= 0.6 is 11.8 Å². The molecule has 0 bridgehead atoms. The lowest BCUT2D eigenvalue weighted by atomic mass is 10.1. The van der Waals surface area contributed by atoms with Gasteiger partial charge in [-0.1, -0.05) is 0 Å². The van der Waals surface area contributed by atoms with E-state index in [0.717, 1.165) is 4.90 Å². The molecule has 0 aliphatic carbocycles. The molecule has 0 atom stereocenters. The second kappa shape index (κ2) is 8.82. The molecule has 0 radical (unpaired) electrons. The zero-order valence-corrected chi connectivity index (χ0v) is 16.8. The molecule has 0 spiro atoms. The summed E-state index contributed by atoms with van der Waals surface area (Å²) in [5, 5.41) is 16.3. The number of fused-ring (bicyclic) bond motifs is 1. The molecule has 3 rings (SSSR count). The first-order valence-corrected chi connectivity index (χ1v) is 9.63. The third-order valence-corrected chi connectivity index (χ3v) is 5.25. The lowest BCUT2D eigenvalue weighted by Crippen LogP contribution is -2.22. The first-order chi connectivity index (χ1) is 14.3. The minimum Gasteiger partial charge on any atom is -0.490 e. The van der Waals surface area contributed by atoms with Crippen LogP contribution < -0.4 is 15.4 Å². The van der Waals surface area contributed by atoms with Gasteiger partial charge in [-0.15, -0.1) is 11.8 Å². The van der Waals surface area contributed by atoms with Gasteiger partial charge in [-0.2, -0.15) is 0 Å². The van der Waals surface area contributed by atoms with Crippen molar-refractivity contribution in [3.05, 3.63) is 51.6 Å². The minimum atomic E-state index is -0.726. The summed E-state index contributed by atoms with van der Waals surface area (Å²) in [5.74, 6) is -1.21. The predicted octanol–water partition coefficient (Wildman–Crippen LogP) is 2.75. The maximum atomic E-state index is 12.2. The van der Waals surface area contributed by atoms with Crippen LogP contribution in [-0.4, -0.2) is 42.2 Å². The molecule has 2 amide bonds. The van der Waals surface area contributed by atoms with E-state index in [1.807, 2.05) is 0 Å². The highest BCUT2D eigenvalue weighted by Gasteiger charge is 2.20. The zero-order chi connectivity index (χ0) is 21.8. The Kier molecular flexibility index (Phi) is 6.21. The van der Waals surface area contributed by atoms with Gasteiger partial charge >= 0.3 is 11.7 Å². The van der Waals surface area contributed by atoms with E-state index in [9.17, 15) is 24.5 Å². The quantitative estimate of drug-likeness (QED) is 0.405. The van der Waals surface area contributed by atoms with Crippen molar-refractivity contribution in [1.29, 1.82) is 0 Å². The number of nitro groups is 1. The van der Waals surface area contributed by atoms with E-state index in [2.05, 4.69) is 10.6 Å². The molecule has 0 saturated heterocycles. The van der Waals surface area contributed by atoms with Crippen molar-refractivity contribution in [2.24, 2.45) is 0 Å². The number of benzene rings is 2. The van der Waals surface area contributed by atoms with Crippen LogP contribution in [0.25, 0.3) is 0 Å². The SMILES string of the molecule is COc1cc(NC(=O)COC(=O)c2ccc3c(c2)NC(=O)CS3)c(C)cc1[N+](=O)[O-]. The van der Waals surface area contributed by atoms with Crippen molar-refractivity contribution in [2.75, 3.05) is 30.1 Å². The summed E-state index contributed by atoms with van der Waals surface area (Å²) < 4.78 is 10.0. The van der Waals surface area contributed by atoms with Crippen LogP contribution in [0.2, 0.25) is 0 Å². The minimum absolute atomic E-state index is 0.00753. The van der Waals surface area contributed by atoms with Crippen molar-refractivity contribution in [3.8, 4) is 5.75 Å². The van der Waals surface area contributed by atoms with E-state index in [0.29, 0.717) is 22.7 Å². The van der Waals surface area contributed by atoms with Crippen LogP contribution in [0.5, 0.6) is 5.75 Å². The van der Waals surface area contributed by atoms with E-state index in [4.69, 9.17) is 9.47 Å². The number of nitro benzene ring substituents is 1. The number of carbonyl (C=O) groups is 3. The molecule has 1 aliphatic rings. The second-order valence-electron chi connectivity index (χ2n) is 6.27. The number of hydrogen-bond acceptors (Lipinski definition) is 8. The van der Waals surface area contributed by atoms with Gasteiger partial charge in [0.1, 0.15) is 0 Å². The molecular weight excluding hydrogens is 414 g/mol. The number of anilines is 2. The molecule has 2 aromatic carbocycles. The highest BCUT2D eigenvalue weighted by molar-refractivity contribution is 8.00. The van der Waals surface area contributed by atoms with Crippen molar-refractivity contribution in [2.45, 2.75) is 11.8 Å². The molecule has 156 valence electrons. The smallest absolute Gasteiger partial charge is 0.338 e. The Bertz CT molecular complexity index is 1050. The summed E-state index contributed by atoms with van der Waals surface area (Å²) >= 11 is 1.36. The lowest BCUT2D eigenvalue weighted by Gasteiger charge is -2.16. The van der Waals surface area contributed by atoms with Crippen LogP contribution in [0.1, 0.15) is 15.9 Å². The standard InChI is InChI=1S/C19H17N3O7S/c1-10-5-14(22(26)27)15(28-2)7-12(10)20-17(23)8-29-19(25)11-3-4-16-13(6-11)21-18(24)9-30-16/h3-7H,8-9H2,1-2H3,(H,20,23)(H,21,24). The Labute approximate surface area is 175 Å². The molecule has 11 heteroatoms. The molecule has 2 N–H and O–H groups in total. The normalized spacial score (nSPS) is 12.4. The molecule has 30 heavy (non-hydrogen) atoms. The Hall–Kier alpha value is -3.60. The Balaban J connectivity index is 1.64. The van der Waals surface area contributed by atoms with Crippen LogP contribution in [0.3, 0.4) is 0 Å². The van der Waals surface area contributed by atoms with Crippen molar-refractivity contribution in [3.63, 3.8) is 0 Å². The van der Waals surface area contributed by atoms with E-state index >= 15 is 0 Å². The van der Waals surface area contributed by atoms with Crippen molar-refractivity contribution < 1.29 is 28.8 Å².